The SMILES string of the molecule is C=CCN1C(=O)/C(=C/c2ccc(OC)c(COc3ccc(Cl)cc3)c2)NC1=S. The van der Waals surface area contributed by atoms with Gasteiger partial charge in [0.15, 0.2) is 5.11 Å². The Morgan fingerprint density at radius 2 is 2.00 bits per heavy atom. The Labute approximate surface area is 174 Å². The molecule has 2 aromatic carbocycles. The molecule has 1 fully saturated rings. The largest absolute Gasteiger partial charge is 0.496 e. The molecular formula is C21H19ClN2O3S. The maximum Gasteiger partial charge on any atom is 0.276 e. The van der Waals surface area contributed by atoms with Gasteiger partial charge in [-0.25, -0.2) is 0 Å². The zero-order valence-electron chi connectivity index (χ0n) is 15.3. The molecule has 144 valence electrons. The minimum absolute atomic E-state index is 0.181. The van der Waals surface area contributed by atoms with Crippen molar-refractivity contribution in [2.75, 3.05) is 13.7 Å². The van der Waals surface area contributed by atoms with Crippen LogP contribution < -0.4 is 14.8 Å². The fraction of sp³-hybridized carbons (Fsp3) is 0.143. The van der Waals surface area contributed by atoms with Crippen molar-refractivity contribution in [3.05, 3.63) is 77.0 Å². The van der Waals surface area contributed by atoms with Gasteiger partial charge in [0, 0.05) is 17.1 Å². The van der Waals surface area contributed by atoms with Crippen LogP contribution in [0.3, 0.4) is 0 Å². The van der Waals surface area contributed by atoms with Crippen molar-refractivity contribution < 1.29 is 14.3 Å². The lowest BCUT2D eigenvalue weighted by atomic mass is 10.1. The highest BCUT2D eigenvalue weighted by Crippen LogP contribution is 2.24. The number of methoxy groups -OCH3 is 1. The molecule has 1 saturated heterocycles. The molecular weight excluding hydrogens is 396 g/mol. The standard InChI is InChI=1S/C21H19ClN2O3S/c1-3-10-24-20(25)18(23-21(24)28)12-14-4-9-19(26-2)15(11-14)13-27-17-7-5-16(22)6-8-17/h3-9,11-12H,1,10,13H2,2H3,(H,23,28)/b18-12-. The second kappa shape index (κ2) is 8.91. The third kappa shape index (κ3) is 4.52. The number of nitrogens with zero attached hydrogens (tertiary/aromatic N) is 1. The molecule has 0 spiro atoms. The van der Waals surface area contributed by atoms with Gasteiger partial charge in [-0.2, -0.15) is 0 Å². The second-order valence-corrected chi connectivity index (χ2v) is 6.83. The number of amides is 1. The number of halogens is 1. The second-order valence-electron chi connectivity index (χ2n) is 6.01. The molecule has 28 heavy (non-hydrogen) atoms. The van der Waals surface area contributed by atoms with Crippen LogP contribution in [0, 0.1) is 0 Å². The number of carbonyl (C=O) groups is 1. The summed E-state index contributed by atoms with van der Waals surface area (Å²) in [5.74, 6) is 1.22. The Kier molecular flexibility index (Phi) is 6.34. The molecule has 5 nitrogen and oxygen atoms in total. The Morgan fingerprint density at radius 3 is 2.68 bits per heavy atom. The maximum atomic E-state index is 12.5. The van der Waals surface area contributed by atoms with E-state index in [1.54, 1.807) is 43.5 Å². The third-order valence-corrected chi connectivity index (χ3v) is 4.67. The molecule has 1 aliphatic rings. The summed E-state index contributed by atoms with van der Waals surface area (Å²) in [5, 5.41) is 3.96. The number of hydrogen-bond acceptors (Lipinski definition) is 4. The van der Waals surface area contributed by atoms with E-state index >= 15 is 0 Å². The Bertz CT molecular complexity index is 941. The predicted molar refractivity (Wildman–Crippen MR) is 114 cm³/mol. The molecule has 2 aromatic rings. The number of thiocarbonyl (C=S) groups is 1. The van der Waals surface area contributed by atoms with Gasteiger partial charge in [0.1, 0.15) is 23.8 Å². The van der Waals surface area contributed by atoms with Gasteiger partial charge in [0.2, 0.25) is 0 Å². The predicted octanol–water partition coefficient (Wildman–Crippen LogP) is 4.17. The van der Waals surface area contributed by atoms with Gasteiger partial charge in [-0.1, -0.05) is 23.7 Å². The third-order valence-electron chi connectivity index (χ3n) is 4.10. The number of carbonyl (C=O) groups excluding carboxylic acids is 1. The highest BCUT2D eigenvalue weighted by atomic mass is 35.5. The van der Waals surface area contributed by atoms with E-state index in [0.717, 1.165) is 11.1 Å². The quantitative estimate of drug-likeness (QED) is 0.418. The molecule has 0 aromatic heterocycles. The van der Waals surface area contributed by atoms with Crippen LogP contribution in [0.1, 0.15) is 11.1 Å². The van der Waals surface area contributed by atoms with E-state index in [2.05, 4.69) is 11.9 Å². The molecule has 3 rings (SSSR count). The van der Waals surface area contributed by atoms with Crippen molar-refractivity contribution >= 4 is 40.9 Å². The lowest BCUT2D eigenvalue weighted by Crippen LogP contribution is -2.30. The van der Waals surface area contributed by atoms with Gasteiger partial charge >= 0.3 is 0 Å². The van der Waals surface area contributed by atoms with Gasteiger partial charge in [-0.15, -0.1) is 6.58 Å². The van der Waals surface area contributed by atoms with Crippen molar-refractivity contribution in [2.45, 2.75) is 6.61 Å². The van der Waals surface area contributed by atoms with Gasteiger partial charge in [0.25, 0.3) is 5.91 Å². The molecule has 1 heterocycles. The molecule has 0 saturated carbocycles. The van der Waals surface area contributed by atoms with Crippen LogP contribution in [0.4, 0.5) is 0 Å². The fourth-order valence-electron chi connectivity index (χ4n) is 2.73. The zero-order valence-corrected chi connectivity index (χ0v) is 16.8. The number of benzene rings is 2. The van der Waals surface area contributed by atoms with Crippen molar-refractivity contribution in [1.82, 2.24) is 10.2 Å². The Balaban J connectivity index is 1.80. The molecule has 1 aliphatic heterocycles. The van der Waals surface area contributed by atoms with Gasteiger partial charge in [-0.05, 0) is 60.3 Å². The van der Waals surface area contributed by atoms with E-state index in [1.165, 1.54) is 4.90 Å². The fourth-order valence-corrected chi connectivity index (χ4v) is 3.12. The highest BCUT2D eigenvalue weighted by Gasteiger charge is 2.29. The lowest BCUT2D eigenvalue weighted by Gasteiger charge is -2.11. The molecule has 0 atom stereocenters. The average molecular weight is 415 g/mol. The summed E-state index contributed by atoms with van der Waals surface area (Å²) < 4.78 is 11.2. The summed E-state index contributed by atoms with van der Waals surface area (Å²) in [6, 6.07) is 12.8. The first-order valence-electron chi connectivity index (χ1n) is 8.52. The van der Waals surface area contributed by atoms with Crippen molar-refractivity contribution in [1.29, 1.82) is 0 Å². The van der Waals surface area contributed by atoms with Crippen LogP contribution in [0.2, 0.25) is 5.02 Å². The van der Waals surface area contributed by atoms with Crippen LogP contribution in [0.5, 0.6) is 11.5 Å². The van der Waals surface area contributed by atoms with Crippen molar-refractivity contribution in [3.63, 3.8) is 0 Å². The van der Waals surface area contributed by atoms with E-state index < -0.39 is 0 Å². The first kappa shape index (κ1) is 19.9. The van der Waals surface area contributed by atoms with Gasteiger partial charge in [-0.3, -0.25) is 9.69 Å². The molecule has 1 N–H and O–H groups in total. The molecule has 0 radical (unpaired) electrons. The highest BCUT2D eigenvalue weighted by molar-refractivity contribution is 7.80. The van der Waals surface area contributed by atoms with E-state index in [4.69, 9.17) is 33.3 Å². The van der Waals surface area contributed by atoms with E-state index in [9.17, 15) is 4.79 Å². The van der Waals surface area contributed by atoms with Crippen LogP contribution in [0.25, 0.3) is 6.08 Å². The summed E-state index contributed by atoms with van der Waals surface area (Å²) in [4.78, 5) is 13.9. The summed E-state index contributed by atoms with van der Waals surface area (Å²) >= 11 is 11.1. The number of nitrogens with one attached hydrogen (secondary N) is 1. The van der Waals surface area contributed by atoms with Crippen LogP contribution in [-0.2, 0) is 11.4 Å². The first-order chi connectivity index (χ1) is 13.5. The monoisotopic (exact) mass is 414 g/mol. The average Bonchev–Trinajstić information content (AvgIpc) is 2.95. The van der Waals surface area contributed by atoms with Gasteiger partial charge < -0.3 is 14.8 Å². The minimum atomic E-state index is -0.181. The first-order valence-corrected chi connectivity index (χ1v) is 9.31. The minimum Gasteiger partial charge on any atom is -0.496 e. The lowest BCUT2D eigenvalue weighted by molar-refractivity contribution is -0.122. The molecule has 0 unspecified atom stereocenters. The van der Waals surface area contributed by atoms with E-state index in [1.807, 2.05) is 18.2 Å². The van der Waals surface area contributed by atoms with Crippen LogP contribution >= 0.6 is 23.8 Å². The van der Waals surface area contributed by atoms with Gasteiger partial charge in [0.05, 0.1) is 7.11 Å². The van der Waals surface area contributed by atoms with Crippen molar-refractivity contribution in [2.24, 2.45) is 0 Å². The molecule has 1 amide bonds. The maximum absolute atomic E-state index is 12.5. The smallest absolute Gasteiger partial charge is 0.276 e. The normalized spacial score (nSPS) is 14.9. The zero-order chi connectivity index (χ0) is 20.1. The summed E-state index contributed by atoms with van der Waals surface area (Å²) in [5.41, 5.74) is 2.10. The Hall–Kier alpha value is -2.83. The van der Waals surface area contributed by atoms with E-state index in [0.29, 0.717) is 40.5 Å². The van der Waals surface area contributed by atoms with Crippen LogP contribution in [-0.4, -0.2) is 29.6 Å². The topological polar surface area (TPSA) is 50.8 Å². The Morgan fingerprint density at radius 1 is 1.25 bits per heavy atom. The summed E-state index contributed by atoms with van der Waals surface area (Å²) in [6.45, 7) is 4.32. The van der Waals surface area contributed by atoms with Crippen molar-refractivity contribution in [3.8, 4) is 11.5 Å². The number of rotatable bonds is 7. The number of ether oxygens (including phenoxy) is 2. The number of hydrogen-bond donors (Lipinski definition) is 1. The summed E-state index contributed by atoms with van der Waals surface area (Å²) in [7, 11) is 1.60. The van der Waals surface area contributed by atoms with Crippen LogP contribution in [0.15, 0.2) is 60.8 Å². The molecule has 7 heteroatoms. The summed E-state index contributed by atoms with van der Waals surface area (Å²) in [6.07, 6.45) is 3.39. The molecule has 0 aliphatic carbocycles. The molecule has 0 bridgehead atoms. The van der Waals surface area contributed by atoms with E-state index in [-0.39, 0.29) is 5.91 Å².